The fraction of sp³-hybridized carbons (Fsp3) is 0.625. The van der Waals surface area contributed by atoms with E-state index in [2.05, 4.69) is 53.6 Å². The van der Waals surface area contributed by atoms with Crippen LogP contribution in [0.5, 0.6) is 0 Å². The lowest BCUT2D eigenvalue weighted by atomic mass is 9.57. The van der Waals surface area contributed by atoms with Gasteiger partial charge in [-0.15, -0.1) is 0 Å². The molecule has 4 rings (SSSR count). The number of hydrogen-bond acceptors (Lipinski definition) is 7. The Balaban J connectivity index is 1.49. The average Bonchev–Trinajstić information content (AvgIpc) is 3.53. The summed E-state index contributed by atoms with van der Waals surface area (Å²) in [6.07, 6.45) is 10.1. The van der Waals surface area contributed by atoms with Gasteiger partial charge in [-0.3, -0.25) is 14.6 Å². The molecule has 43 heavy (non-hydrogen) atoms. The zero-order valence-corrected chi connectivity index (χ0v) is 26.5. The van der Waals surface area contributed by atoms with Gasteiger partial charge in [-0.1, -0.05) is 70.9 Å². The second-order valence-corrected chi connectivity index (χ2v) is 12.9. The molecule has 2 atom stereocenters. The molecule has 2 aliphatic heterocycles. The lowest BCUT2D eigenvalue weighted by Crippen LogP contribution is -2.73. The zero-order valence-electron chi connectivity index (χ0n) is 26.5. The Kier molecular flexibility index (Phi) is 12.1. The summed E-state index contributed by atoms with van der Waals surface area (Å²) >= 11 is 0. The van der Waals surface area contributed by atoms with E-state index in [1.807, 2.05) is 30.3 Å². The van der Waals surface area contributed by atoms with Crippen LogP contribution < -0.4 is 16.0 Å². The first-order chi connectivity index (χ1) is 20.7. The molecule has 236 valence electrons. The van der Waals surface area contributed by atoms with Crippen molar-refractivity contribution < 1.29 is 23.3 Å². The van der Waals surface area contributed by atoms with E-state index in [0.29, 0.717) is 31.6 Å². The summed E-state index contributed by atoms with van der Waals surface area (Å²) in [5, 5.41) is 9.77. The van der Waals surface area contributed by atoms with Gasteiger partial charge in [0.25, 0.3) is 5.91 Å². The molecule has 11 heteroatoms. The normalized spacial score (nSPS) is 22.8. The maximum atomic E-state index is 14.1. The predicted octanol–water partition coefficient (Wildman–Crippen LogP) is 3.26. The number of nitrogens with zero attached hydrogens (tertiary/aromatic N) is 3. The number of benzene rings is 1. The van der Waals surface area contributed by atoms with Crippen LogP contribution in [-0.2, 0) is 20.5 Å². The molecule has 0 aliphatic carbocycles. The van der Waals surface area contributed by atoms with Gasteiger partial charge in [-0.05, 0) is 37.3 Å². The molecule has 2 saturated heterocycles. The Labute approximate surface area is 257 Å². The number of quaternary nitrogens is 1. The fourth-order valence-electron chi connectivity index (χ4n) is 6.79. The summed E-state index contributed by atoms with van der Waals surface area (Å²) in [4.78, 5) is 35.3. The number of rotatable bonds is 17. The maximum Gasteiger partial charge on any atom is 0.494 e. The highest BCUT2D eigenvalue weighted by molar-refractivity contribution is 6.63. The third-order valence-electron chi connectivity index (χ3n) is 8.89. The number of unbranched alkanes of at least 4 members (excludes halogenated alkanes) is 3. The van der Waals surface area contributed by atoms with E-state index < -0.39 is 18.6 Å². The van der Waals surface area contributed by atoms with Gasteiger partial charge in [0, 0.05) is 37.3 Å². The van der Waals surface area contributed by atoms with E-state index in [-0.39, 0.29) is 17.5 Å². The minimum Gasteiger partial charge on any atom is -0.508 e. The Morgan fingerprint density at radius 3 is 2.33 bits per heavy atom. The van der Waals surface area contributed by atoms with Crippen molar-refractivity contribution in [1.29, 1.82) is 0 Å². The number of aromatic nitrogens is 2. The SMILES string of the molecule is CC(C)C[C@H](NC(=O)[C@H](Cc1ccccc1)NC(=O)c1cnccn1)[B-]12OCC[N+]1(CCCCCCNC(C)C)CCO2. The Bertz CT molecular complexity index is 1140. The summed E-state index contributed by atoms with van der Waals surface area (Å²) in [7, 11) is 0. The molecule has 0 unspecified atom stereocenters. The topological polar surface area (TPSA) is 114 Å². The molecule has 3 heterocycles. The molecule has 2 amide bonds. The quantitative estimate of drug-likeness (QED) is 0.190. The standard InChI is InChI=1S/C32H51BN6O4/c1-25(2)22-30(33-39(18-20-42-33,19-21-43-33)17-11-6-5-10-14-35-26(3)4)38-31(40)28(23-27-12-8-7-9-13-27)37-32(41)29-24-34-15-16-36-29/h7-9,12-13,15-16,24-26,28,30,35H,5-6,10-11,14,17-23H2,1-4H3,(H,37,41)(H,38,40)/t28-,30-,33?,39?/m0/s1. The van der Waals surface area contributed by atoms with Gasteiger partial charge in [-0.2, -0.15) is 0 Å². The highest BCUT2D eigenvalue weighted by atomic mass is 16.6. The number of carbonyl (C=O) groups is 2. The van der Waals surface area contributed by atoms with Crippen molar-refractivity contribution in [3.05, 3.63) is 60.2 Å². The second-order valence-electron chi connectivity index (χ2n) is 12.9. The first-order valence-electron chi connectivity index (χ1n) is 16.2. The van der Waals surface area contributed by atoms with Crippen molar-refractivity contribution >= 4 is 18.5 Å². The fourth-order valence-corrected chi connectivity index (χ4v) is 6.79. The molecule has 0 bridgehead atoms. The van der Waals surface area contributed by atoms with Crippen LogP contribution in [0, 0.1) is 5.92 Å². The molecule has 0 radical (unpaired) electrons. The largest absolute Gasteiger partial charge is 0.508 e. The maximum absolute atomic E-state index is 14.1. The van der Waals surface area contributed by atoms with E-state index in [1.54, 1.807) is 0 Å². The van der Waals surface area contributed by atoms with Gasteiger partial charge in [0.1, 0.15) is 11.7 Å². The molecule has 10 nitrogen and oxygen atoms in total. The predicted molar refractivity (Wildman–Crippen MR) is 169 cm³/mol. The van der Waals surface area contributed by atoms with Gasteiger partial charge < -0.3 is 29.7 Å². The number of fused-ring (bicyclic) bond motifs is 1. The van der Waals surface area contributed by atoms with Crippen LogP contribution >= 0.6 is 0 Å². The molecule has 2 aliphatic rings. The first-order valence-corrected chi connectivity index (χ1v) is 16.2. The molecule has 0 spiro atoms. The zero-order chi connectivity index (χ0) is 30.7. The van der Waals surface area contributed by atoms with Crippen LogP contribution in [0.1, 0.15) is 75.9 Å². The average molecular weight is 595 g/mol. The number of carbonyl (C=O) groups excluding carboxylic acids is 2. The molecular weight excluding hydrogens is 543 g/mol. The van der Waals surface area contributed by atoms with Crippen LogP contribution in [0.3, 0.4) is 0 Å². The minimum atomic E-state index is -1.80. The van der Waals surface area contributed by atoms with Crippen LogP contribution in [0.2, 0.25) is 0 Å². The van der Waals surface area contributed by atoms with Gasteiger partial charge in [0.2, 0.25) is 5.91 Å². The third kappa shape index (κ3) is 8.62. The molecule has 1 aromatic carbocycles. The van der Waals surface area contributed by atoms with Crippen molar-refractivity contribution in [2.75, 3.05) is 39.4 Å². The van der Waals surface area contributed by atoms with E-state index in [0.717, 1.165) is 49.0 Å². The van der Waals surface area contributed by atoms with Gasteiger partial charge in [0.15, 0.2) is 0 Å². The van der Waals surface area contributed by atoms with Gasteiger partial charge >= 0.3 is 6.69 Å². The van der Waals surface area contributed by atoms with Crippen molar-refractivity contribution in [2.45, 2.75) is 84.2 Å². The van der Waals surface area contributed by atoms with Gasteiger partial charge in [0.05, 0.1) is 32.5 Å². The minimum absolute atomic E-state index is 0.170. The van der Waals surface area contributed by atoms with Crippen molar-refractivity contribution in [2.24, 2.45) is 5.92 Å². The van der Waals surface area contributed by atoms with E-state index >= 15 is 0 Å². The van der Waals surface area contributed by atoms with Gasteiger partial charge in [-0.25, -0.2) is 4.98 Å². The Hall–Kier alpha value is -2.86. The van der Waals surface area contributed by atoms with Crippen LogP contribution in [0.4, 0.5) is 0 Å². The molecular formula is C32H51BN6O4. The van der Waals surface area contributed by atoms with E-state index in [4.69, 9.17) is 9.31 Å². The number of hydrogen-bond donors (Lipinski definition) is 3. The summed E-state index contributed by atoms with van der Waals surface area (Å²) < 4.78 is 13.9. The van der Waals surface area contributed by atoms with Crippen LogP contribution in [0.15, 0.2) is 48.9 Å². The summed E-state index contributed by atoms with van der Waals surface area (Å²) in [5.74, 6) is -0.674. The van der Waals surface area contributed by atoms with Crippen molar-refractivity contribution in [3.8, 4) is 0 Å². The molecule has 2 fully saturated rings. The summed E-state index contributed by atoms with van der Waals surface area (Å²) in [6, 6.07) is 9.45. The summed E-state index contributed by atoms with van der Waals surface area (Å²) in [6.45, 7) is 12.0. The Morgan fingerprint density at radius 1 is 0.953 bits per heavy atom. The van der Waals surface area contributed by atoms with Crippen molar-refractivity contribution in [3.63, 3.8) is 0 Å². The van der Waals surface area contributed by atoms with Crippen molar-refractivity contribution in [1.82, 2.24) is 25.9 Å². The lowest BCUT2D eigenvalue weighted by molar-refractivity contribution is -0.823. The van der Waals surface area contributed by atoms with Crippen LogP contribution in [0.25, 0.3) is 0 Å². The highest BCUT2D eigenvalue weighted by Gasteiger charge is 2.63. The number of amides is 2. The molecule has 3 N–H and O–H groups in total. The second kappa shape index (κ2) is 15.7. The lowest BCUT2D eigenvalue weighted by Gasteiger charge is -2.51. The molecule has 0 saturated carbocycles. The number of nitrogens with one attached hydrogen (secondary N) is 3. The molecule has 1 aromatic heterocycles. The monoisotopic (exact) mass is 594 g/mol. The van der Waals surface area contributed by atoms with Crippen LogP contribution in [-0.4, -0.2) is 90.3 Å². The highest BCUT2D eigenvalue weighted by Crippen LogP contribution is 2.39. The van der Waals surface area contributed by atoms with E-state index in [9.17, 15) is 9.59 Å². The smallest absolute Gasteiger partial charge is 0.494 e. The summed E-state index contributed by atoms with van der Waals surface area (Å²) in [5.41, 5.74) is 1.12. The molecule has 2 aromatic rings. The first kappa shape index (κ1) is 33.0. The third-order valence-corrected chi connectivity index (χ3v) is 8.89. The Morgan fingerprint density at radius 2 is 1.67 bits per heavy atom. The van der Waals surface area contributed by atoms with E-state index in [1.165, 1.54) is 37.9 Å².